The van der Waals surface area contributed by atoms with E-state index in [1.165, 1.54) is 6.07 Å². The molecule has 2 heterocycles. The van der Waals surface area contributed by atoms with Crippen LogP contribution >= 0.6 is 47.0 Å². The minimum atomic E-state index is -0.521. The molecule has 0 unspecified atom stereocenters. The van der Waals surface area contributed by atoms with Gasteiger partial charge in [-0.05, 0) is 48.6 Å². The van der Waals surface area contributed by atoms with Gasteiger partial charge in [0.1, 0.15) is 5.76 Å². The lowest BCUT2D eigenvalue weighted by atomic mass is 10.2. The zero-order valence-corrected chi connectivity index (χ0v) is 16.0. The number of hydrogen-bond donors (Lipinski definition) is 2. The fourth-order valence-corrected chi connectivity index (χ4v) is 2.86. The molecule has 1 amide bonds. The second kappa shape index (κ2) is 8.05. The van der Waals surface area contributed by atoms with Crippen molar-refractivity contribution in [1.29, 1.82) is 0 Å². The summed E-state index contributed by atoms with van der Waals surface area (Å²) >= 11 is 23.2. The molecule has 3 aromatic rings. The number of furan rings is 1. The van der Waals surface area contributed by atoms with E-state index in [4.69, 9.17) is 51.4 Å². The van der Waals surface area contributed by atoms with Crippen LogP contribution in [-0.4, -0.2) is 16.0 Å². The number of amides is 1. The van der Waals surface area contributed by atoms with E-state index >= 15 is 0 Å². The number of thiocarbonyl (C=S) groups is 1. The number of pyridine rings is 1. The molecule has 2 aromatic heterocycles. The number of nitrogens with one attached hydrogen (secondary N) is 2. The van der Waals surface area contributed by atoms with Crippen LogP contribution in [0.15, 0.2) is 53.1 Å². The maximum absolute atomic E-state index is 12.3. The van der Waals surface area contributed by atoms with Crippen LogP contribution < -0.4 is 10.6 Å². The van der Waals surface area contributed by atoms with Gasteiger partial charge < -0.3 is 9.73 Å². The van der Waals surface area contributed by atoms with E-state index in [0.717, 1.165) is 0 Å². The van der Waals surface area contributed by atoms with E-state index in [-0.39, 0.29) is 16.0 Å². The summed E-state index contributed by atoms with van der Waals surface area (Å²) in [6.07, 6.45) is 1.54. The maximum Gasteiger partial charge on any atom is 0.293 e. The Morgan fingerprint density at radius 1 is 1.08 bits per heavy atom. The van der Waals surface area contributed by atoms with Gasteiger partial charge in [0.2, 0.25) is 0 Å². The van der Waals surface area contributed by atoms with Gasteiger partial charge in [-0.3, -0.25) is 10.1 Å². The van der Waals surface area contributed by atoms with E-state index in [1.807, 2.05) is 0 Å². The minimum absolute atomic E-state index is 0.0589. The van der Waals surface area contributed by atoms with Crippen LogP contribution in [-0.2, 0) is 0 Å². The van der Waals surface area contributed by atoms with E-state index in [2.05, 4.69) is 15.6 Å². The maximum atomic E-state index is 12.3. The van der Waals surface area contributed by atoms with Crippen molar-refractivity contribution in [3.63, 3.8) is 0 Å². The van der Waals surface area contributed by atoms with Gasteiger partial charge in [0.05, 0.1) is 15.7 Å². The third-order valence-corrected chi connectivity index (χ3v) is 4.61. The largest absolute Gasteiger partial charge is 0.451 e. The molecule has 0 aliphatic carbocycles. The van der Waals surface area contributed by atoms with Gasteiger partial charge in [0, 0.05) is 11.8 Å². The molecular formula is C17H10Cl3N3O2S. The van der Waals surface area contributed by atoms with Crippen molar-refractivity contribution in [3.8, 4) is 11.3 Å². The molecule has 132 valence electrons. The van der Waals surface area contributed by atoms with Crippen LogP contribution in [0.3, 0.4) is 0 Å². The van der Waals surface area contributed by atoms with Crippen molar-refractivity contribution in [2.45, 2.75) is 0 Å². The van der Waals surface area contributed by atoms with Crippen LogP contribution in [0.2, 0.25) is 15.2 Å². The van der Waals surface area contributed by atoms with E-state index in [9.17, 15) is 4.79 Å². The molecule has 0 fully saturated rings. The van der Waals surface area contributed by atoms with Crippen molar-refractivity contribution in [2.75, 3.05) is 5.32 Å². The number of rotatable bonds is 3. The van der Waals surface area contributed by atoms with E-state index in [1.54, 1.807) is 42.6 Å². The molecule has 1 aromatic carbocycles. The van der Waals surface area contributed by atoms with Crippen molar-refractivity contribution in [3.05, 3.63) is 69.6 Å². The zero-order valence-electron chi connectivity index (χ0n) is 12.9. The number of carbonyl (C=O) groups excluding carboxylic acids is 1. The summed E-state index contributed by atoms with van der Waals surface area (Å²) in [6.45, 7) is 0. The molecule has 3 rings (SSSR count). The lowest BCUT2D eigenvalue weighted by molar-refractivity contribution is 0.0951. The molecule has 0 saturated heterocycles. The third-order valence-electron chi connectivity index (χ3n) is 3.28. The summed E-state index contributed by atoms with van der Waals surface area (Å²) in [7, 11) is 0. The third kappa shape index (κ3) is 4.16. The summed E-state index contributed by atoms with van der Waals surface area (Å²) in [5.41, 5.74) is 1.06. The quantitative estimate of drug-likeness (QED) is 0.432. The number of hydrogen-bond acceptors (Lipinski definition) is 4. The predicted octanol–water partition coefficient (Wildman–Crippen LogP) is 5.43. The van der Waals surface area contributed by atoms with Gasteiger partial charge in [0.15, 0.2) is 16.0 Å². The lowest BCUT2D eigenvalue weighted by Gasteiger charge is -2.09. The Balaban J connectivity index is 1.71. The Morgan fingerprint density at radius 2 is 1.88 bits per heavy atom. The second-order valence-corrected chi connectivity index (χ2v) is 6.57. The van der Waals surface area contributed by atoms with E-state index in [0.29, 0.717) is 27.1 Å². The summed E-state index contributed by atoms with van der Waals surface area (Å²) in [5.74, 6) is -0.0405. The first-order valence-corrected chi connectivity index (χ1v) is 8.77. The van der Waals surface area contributed by atoms with Gasteiger partial charge >= 0.3 is 0 Å². The molecule has 0 aliphatic heterocycles. The minimum Gasteiger partial charge on any atom is -0.451 e. The van der Waals surface area contributed by atoms with E-state index < -0.39 is 5.91 Å². The standard InChI is InChI=1S/C17H10Cl3N3O2S/c18-10-4-1-3-9(14(10)19)12-6-7-13(25-12)16(24)23-17(26)22-11-5-2-8-21-15(11)20/h1-8H,(H2,22,23,24,26). The fraction of sp³-hybridized carbons (Fsp3) is 0. The SMILES string of the molecule is O=C(NC(=S)Nc1cccnc1Cl)c1ccc(-c2cccc(Cl)c2Cl)o1. The molecule has 2 N–H and O–H groups in total. The number of carbonyl (C=O) groups is 1. The molecule has 0 atom stereocenters. The number of aromatic nitrogens is 1. The fourth-order valence-electron chi connectivity index (χ4n) is 2.10. The molecule has 0 aliphatic rings. The van der Waals surface area contributed by atoms with Crippen molar-refractivity contribution < 1.29 is 9.21 Å². The first kappa shape index (κ1) is 18.7. The number of benzene rings is 1. The summed E-state index contributed by atoms with van der Waals surface area (Å²) in [6, 6.07) is 11.7. The van der Waals surface area contributed by atoms with Crippen molar-refractivity contribution in [1.82, 2.24) is 10.3 Å². The molecule has 9 heteroatoms. The highest BCUT2D eigenvalue weighted by Gasteiger charge is 2.16. The summed E-state index contributed by atoms with van der Waals surface area (Å²) in [4.78, 5) is 16.2. The van der Waals surface area contributed by atoms with Gasteiger partial charge in [-0.1, -0.05) is 40.9 Å². The number of nitrogens with zero attached hydrogens (tertiary/aromatic N) is 1. The Morgan fingerprint density at radius 3 is 2.65 bits per heavy atom. The number of halogens is 3. The Bertz CT molecular complexity index is 991. The Kier molecular flexibility index (Phi) is 5.78. The smallest absolute Gasteiger partial charge is 0.293 e. The van der Waals surface area contributed by atoms with Crippen LogP contribution in [0.4, 0.5) is 5.69 Å². The highest BCUT2D eigenvalue weighted by Crippen LogP contribution is 2.34. The summed E-state index contributed by atoms with van der Waals surface area (Å²) < 4.78 is 5.56. The molecule has 5 nitrogen and oxygen atoms in total. The molecule has 0 spiro atoms. The van der Waals surface area contributed by atoms with Crippen molar-refractivity contribution >= 4 is 63.7 Å². The molecular weight excluding hydrogens is 417 g/mol. The number of anilines is 1. The predicted molar refractivity (Wildman–Crippen MR) is 107 cm³/mol. The Hall–Kier alpha value is -2.12. The lowest BCUT2D eigenvalue weighted by Crippen LogP contribution is -2.34. The van der Waals surface area contributed by atoms with Crippen LogP contribution in [0.1, 0.15) is 10.6 Å². The molecule has 0 saturated carbocycles. The highest BCUT2D eigenvalue weighted by molar-refractivity contribution is 7.80. The zero-order chi connectivity index (χ0) is 18.7. The van der Waals surface area contributed by atoms with Gasteiger partial charge in [0.25, 0.3) is 5.91 Å². The average Bonchev–Trinajstić information content (AvgIpc) is 3.09. The molecule has 0 radical (unpaired) electrons. The van der Waals surface area contributed by atoms with Gasteiger partial charge in [-0.2, -0.15) is 0 Å². The highest BCUT2D eigenvalue weighted by atomic mass is 35.5. The van der Waals surface area contributed by atoms with Crippen molar-refractivity contribution in [2.24, 2.45) is 0 Å². The Labute approximate surface area is 169 Å². The van der Waals surface area contributed by atoms with Gasteiger partial charge in [-0.25, -0.2) is 4.98 Å². The topological polar surface area (TPSA) is 67.2 Å². The molecule has 26 heavy (non-hydrogen) atoms. The average molecular weight is 427 g/mol. The van der Waals surface area contributed by atoms with Gasteiger partial charge in [-0.15, -0.1) is 0 Å². The van der Waals surface area contributed by atoms with Crippen LogP contribution in [0.5, 0.6) is 0 Å². The molecule has 0 bridgehead atoms. The first-order chi connectivity index (χ1) is 12.5. The summed E-state index contributed by atoms with van der Waals surface area (Å²) in [5, 5.41) is 6.33. The second-order valence-electron chi connectivity index (χ2n) is 5.02. The monoisotopic (exact) mass is 425 g/mol. The van der Waals surface area contributed by atoms with Crippen LogP contribution in [0.25, 0.3) is 11.3 Å². The normalized spacial score (nSPS) is 10.4. The van der Waals surface area contributed by atoms with Crippen LogP contribution in [0, 0.1) is 0 Å². The first-order valence-electron chi connectivity index (χ1n) is 7.23.